The molecular formula is C24H23N3O4. The Morgan fingerprint density at radius 1 is 1.00 bits per heavy atom. The van der Waals surface area contributed by atoms with Crippen LogP contribution >= 0.6 is 0 Å². The zero-order chi connectivity index (χ0) is 21.8. The molecule has 0 saturated heterocycles. The van der Waals surface area contributed by atoms with Crippen LogP contribution in [0.1, 0.15) is 17.5 Å². The molecule has 0 spiro atoms. The van der Waals surface area contributed by atoms with Crippen molar-refractivity contribution in [3.8, 4) is 28.4 Å². The lowest BCUT2D eigenvalue weighted by Gasteiger charge is -2.14. The second-order valence-electron chi connectivity index (χ2n) is 7.01. The highest BCUT2D eigenvalue weighted by molar-refractivity contribution is 6.31. The molecule has 0 unspecified atom stereocenters. The van der Waals surface area contributed by atoms with Crippen LogP contribution in [0, 0.1) is 0 Å². The van der Waals surface area contributed by atoms with Crippen LogP contribution in [0.15, 0.2) is 55.0 Å². The molecule has 0 atom stereocenters. The number of rotatable bonds is 7. The minimum Gasteiger partial charge on any atom is -0.493 e. The van der Waals surface area contributed by atoms with Crippen molar-refractivity contribution < 1.29 is 19.0 Å². The predicted molar refractivity (Wildman–Crippen MR) is 118 cm³/mol. The van der Waals surface area contributed by atoms with Gasteiger partial charge in [0.2, 0.25) is 5.75 Å². The summed E-state index contributed by atoms with van der Waals surface area (Å²) in [6.45, 7) is 0. The van der Waals surface area contributed by atoms with Gasteiger partial charge in [-0.05, 0) is 48.2 Å². The fraction of sp³-hybridized carbons (Fsp3) is 0.208. The van der Waals surface area contributed by atoms with E-state index >= 15 is 0 Å². The van der Waals surface area contributed by atoms with Crippen LogP contribution in [-0.2, 0) is 11.2 Å². The molecule has 0 bridgehead atoms. The van der Waals surface area contributed by atoms with Gasteiger partial charge in [-0.3, -0.25) is 9.78 Å². The monoisotopic (exact) mass is 417 g/mol. The Bertz CT molecular complexity index is 1120. The molecule has 0 fully saturated rings. The molecule has 3 aromatic rings. The van der Waals surface area contributed by atoms with Crippen LogP contribution < -0.4 is 19.5 Å². The van der Waals surface area contributed by atoms with Gasteiger partial charge in [-0.1, -0.05) is 12.1 Å². The molecule has 31 heavy (non-hydrogen) atoms. The number of aromatic nitrogens is 2. The Hall–Kier alpha value is -3.87. The average molecular weight is 417 g/mol. The second-order valence-corrected chi connectivity index (χ2v) is 7.01. The Morgan fingerprint density at radius 2 is 1.77 bits per heavy atom. The summed E-state index contributed by atoms with van der Waals surface area (Å²) in [5, 5.41) is 2.84. The van der Waals surface area contributed by atoms with E-state index in [1.165, 1.54) is 0 Å². The van der Waals surface area contributed by atoms with Crippen molar-refractivity contribution in [3.05, 3.63) is 66.1 Å². The van der Waals surface area contributed by atoms with E-state index in [9.17, 15) is 4.79 Å². The third kappa shape index (κ3) is 4.07. The summed E-state index contributed by atoms with van der Waals surface area (Å²) in [5.74, 6) is 2.05. The first kappa shape index (κ1) is 20.4. The van der Waals surface area contributed by atoms with E-state index in [2.05, 4.69) is 15.3 Å². The number of anilines is 1. The van der Waals surface area contributed by atoms with E-state index in [0.717, 1.165) is 35.1 Å². The molecule has 158 valence electrons. The highest BCUT2D eigenvalue weighted by Crippen LogP contribution is 2.42. The summed E-state index contributed by atoms with van der Waals surface area (Å²) in [6, 6.07) is 9.62. The molecule has 0 aliphatic carbocycles. The molecule has 0 saturated carbocycles. The van der Waals surface area contributed by atoms with Crippen LogP contribution in [0.2, 0.25) is 0 Å². The lowest BCUT2D eigenvalue weighted by atomic mass is 10.0. The normalized spacial score (nSPS) is 13.6. The molecule has 4 rings (SSSR count). The first-order valence-corrected chi connectivity index (χ1v) is 9.85. The van der Waals surface area contributed by atoms with Gasteiger partial charge < -0.3 is 19.5 Å². The first-order valence-electron chi connectivity index (χ1n) is 9.85. The highest BCUT2D eigenvalue weighted by Gasteiger charge is 2.26. The molecule has 1 N–H and O–H groups in total. The van der Waals surface area contributed by atoms with Crippen LogP contribution in [0.4, 0.5) is 5.82 Å². The number of nitrogens with one attached hydrogen (secondary N) is 1. The van der Waals surface area contributed by atoms with Gasteiger partial charge >= 0.3 is 0 Å². The molecular weight excluding hydrogens is 394 g/mol. The fourth-order valence-corrected chi connectivity index (χ4v) is 3.60. The Labute approximate surface area is 180 Å². The maximum atomic E-state index is 12.5. The lowest BCUT2D eigenvalue weighted by Crippen LogP contribution is -2.04. The zero-order valence-electron chi connectivity index (χ0n) is 17.6. The van der Waals surface area contributed by atoms with E-state index in [0.29, 0.717) is 28.6 Å². The summed E-state index contributed by atoms with van der Waals surface area (Å²) in [6.07, 6.45) is 8.79. The quantitative estimate of drug-likeness (QED) is 0.582. The molecule has 1 aromatic carbocycles. The highest BCUT2D eigenvalue weighted by atomic mass is 16.5. The molecule has 7 nitrogen and oxygen atoms in total. The summed E-state index contributed by atoms with van der Waals surface area (Å²) in [4.78, 5) is 21.1. The smallest absolute Gasteiger partial charge is 0.257 e. The topological polar surface area (TPSA) is 82.6 Å². The summed E-state index contributed by atoms with van der Waals surface area (Å²) < 4.78 is 16.3. The van der Waals surface area contributed by atoms with Crippen LogP contribution in [0.3, 0.4) is 0 Å². The molecule has 1 amide bonds. The molecule has 2 aromatic heterocycles. The maximum absolute atomic E-state index is 12.5. The Morgan fingerprint density at radius 3 is 2.42 bits per heavy atom. The van der Waals surface area contributed by atoms with Gasteiger partial charge in [0.25, 0.3) is 5.91 Å². The minimum atomic E-state index is -0.143. The van der Waals surface area contributed by atoms with E-state index in [4.69, 9.17) is 14.2 Å². The standard InChI is InChI=1S/C24H23N3O4/c1-29-20-11-16(12-21(30-2)22(20)31-3)17-10-19-18(24(28)27-23(19)26-14-17)8-4-6-15-7-5-9-25-13-15/h5,7-14H,4,6H2,1-3H3,(H,26,27,28)/b18-8+. The van der Waals surface area contributed by atoms with Gasteiger partial charge in [-0.25, -0.2) is 4.98 Å². The number of ether oxygens (including phenoxy) is 3. The average Bonchev–Trinajstić information content (AvgIpc) is 3.13. The number of carbonyl (C=O) groups is 1. The number of carbonyl (C=O) groups excluding carboxylic acids is 1. The number of fused-ring (bicyclic) bond motifs is 1. The molecule has 1 aliphatic heterocycles. The number of hydrogen-bond acceptors (Lipinski definition) is 6. The molecule has 0 radical (unpaired) electrons. The number of benzene rings is 1. The number of nitrogens with zero attached hydrogens (tertiary/aromatic N) is 2. The maximum Gasteiger partial charge on any atom is 0.257 e. The van der Waals surface area contributed by atoms with Gasteiger partial charge in [-0.2, -0.15) is 0 Å². The van der Waals surface area contributed by atoms with E-state index in [1.807, 2.05) is 42.6 Å². The van der Waals surface area contributed by atoms with Crippen LogP contribution in [-0.4, -0.2) is 37.2 Å². The van der Waals surface area contributed by atoms with Gasteiger partial charge in [0.1, 0.15) is 5.82 Å². The number of methoxy groups -OCH3 is 3. The number of allylic oxidation sites excluding steroid dienone is 1. The molecule has 3 heterocycles. The Balaban J connectivity index is 1.67. The predicted octanol–water partition coefficient (Wildman–Crippen LogP) is 4.14. The summed E-state index contributed by atoms with van der Waals surface area (Å²) in [7, 11) is 4.72. The summed E-state index contributed by atoms with van der Waals surface area (Å²) >= 11 is 0. The second kappa shape index (κ2) is 8.87. The Kier molecular flexibility index (Phi) is 5.84. The summed E-state index contributed by atoms with van der Waals surface area (Å²) in [5.41, 5.74) is 4.22. The lowest BCUT2D eigenvalue weighted by molar-refractivity contribution is -0.110. The largest absolute Gasteiger partial charge is 0.493 e. The van der Waals surface area contributed by atoms with Crippen molar-refractivity contribution in [2.24, 2.45) is 0 Å². The van der Waals surface area contributed by atoms with Crippen LogP contribution in [0.5, 0.6) is 17.2 Å². The number of pyridine rings is 2. The minimum absolute atomic E-state index is 0.143. The van der Waals surface area contributed by atoms with Crippen molar-refractivity contribution in [1.29, 1.82) is 0 Å². The van der Waals surface area contributed by atoms with Crippen molar-refractivity contribution >= 4 is 17.3 Å². The van der Waals surface area contributed by atoms with Gasteiger partial charge in [0.05, 0.1) is 21.3 Å². The van der Waals surface area contributed by atoms with E-state index in [-0.39, 0.29) is 5.91 Å². The van der Waals surface area contributed by atoms with Crippen LogP contribution in [0.25, 0.3) is 16.7 Å². The number of hydrogen-bond donors (Lipinski definition) is 1. The van der Waals surface area contributed by atoms with Crippen molar-refractivity contribution in [1.82, 2.24) is 9.97 Å². The van der Waals surface area contributed by atoms with Crippen molar-refractivity contribution in [2.75, 3.05) is 26.6 Å². The molecule has 1 aliphatic rings. The molecule has 7 heteroatoms. The number of amides is 1. The van der Waals surface area contributed by atoms with Gasteiger partial charge in [0, 0.05) is 35.3 Å². The SMILES string of the molecule is COc1cc(-c2cnc3c(c2)/C(=C\CCc2cccnc2)C(=O)N3)cc(OC)c1OC. The van der Waals surface area contributed by atoms with Crippen molar-refractivity contribution in [2.45, 2.75) is 12.8 Å². The van der Waals surface area contributed by atoms with Gasteiger partial charge in [0.15, 0.2) is 11.5 Å². The first-order chi connectivity index (χ1) is 15.1. The number of aryl methyl sites for hydroxylation is 1. The van der Waals surface area contributed by atoms with E-state index < -0.39 is 0 Å². The fourth-order valence-electron chi connectivity index (χ4n) is 3.60. The van der Waals surface area contributed by atoms with E-state index in [1.54, 1.807) is 33.7 Å². The third-order valence-corrected chi connectivity index (χ3v) is 5.16. The van der Waals surface area contributed by atoms with Gasteiger partial charge in [-0.15, -0.1) is 0 Å². The van der Waals surface area contributed by atoms with Crippen molar-refractivity contribution in [3.63, 3.8) is 0 Å². The zero-order valence-corrected chi connectivity index (χ0v) is 17.6. The third-order valence-electron chi connectivity index (χ3n) is 5.16.